The Morgan fingerprint density at radius 1 is 1.42 bits per heavy atom. The minimum Gasteiger partial charge on any atom is -0.353 e. The molecule has 1 heterocycles. The van der Waals surface area contributed by atoms with Crippen LogP contribution in [-0.2, 0) is 6.54 Å². The van der Waals surface area contributed by atoms with Crippen molar-refractivity contribution in [1.82, 2.24) is 4.98 Å². The summed E-state index contributed by atoms with van der Waals surface area (Å²) in [5, 5.41) is 0.669. The third kappa shape index (κ3) is 3.61. The number of nitrogens with two attached hydrogens (primary N) is 1. The van der Waals surface area contributed by atoms with Gasteiger partial charge in [-0.05, 0) is 30.4 Å². The lowest BCUT2D eigenvalue weighted by Crippen LogP contribution is -2.37. The van der Waals surface area contributed by atoms with Crippen LogP contribution < -0.4 is 10.6 Å². The minimum atomic E-state index is 0.467. The predicted octanol–water partition coefficient (Wildman–Crippen LogP) is 3.60. The smallest absolute Gasteiger partial charge is 0.129 e. The van der Waals surface area contributed by atoms with Gasteiger partial charge in [0.05, 0.1) is 5.02 Å². The number of rotatable bonds is 5. The molecule has 1 fully saturated rings. The highest BCUT2D eigenvalue weighted by Crippen LogP contribution is 2.29. The van der Waals surface area contributed by atoms with Gasteiger partial charge in [0.1, 0.15) is 5.82 Å². The molecule has 1 aliphatic rings. The molecule has 0 amide bonds. The SMILES string of the molecule is CC(C)CN(c1cc(CN)c(Cl)cn1)C1CCCC1. The first kappa shape index (κ1) is 14.6. The molecule has 1 saturated carbocycles. The highest BCUT2D eigenvalue weighted by molar-refractivity contribution is 6.31. The molecule has 4 heteroatoms. The van der Waals surface area contributed by atoms with Gasteiger partial charge in [-0.2, -0.15) is 0 Å². The Morgan fingerprint density at radius 3 is 2.68 bits per heavy atom. The summed E-state index contributed by atoms with van der Waals surface area (Å²) in [4.78, 5) is 6.97. The van der Waals surface area contributed by atoms with E-state index in [0.29, 0.717) is 23.5 Å². The van der Waals surface area contributed by atoms with Gasteiger partial charge in [-0.15, -0.1) is 0 Å². The average Bonchev–Trinajstić information content (AvgIpc) is 2.90. The number of anilines is 1. The van der Waals surface area contributed by atoms with Crippen LogP contribution in [0.2, 0.25) is 5.02 Å². The van der Waals surface area contributed by atoms with E-state index >= 15 is 0 Å². The van der Waals surface area contributed by atoms with Crippen LogP contribution in [0.5, 0.6) is 0 Å². The Kier molecular flexibility index (Phi) is 5.06. The van der Waals surface area contributed by atoms with Crippen molar-refractivity contribution in [3.8, 4) is 0 Å². The number of hydrogen-bond acceptors (Lipinski definition) is 3. The van der Waals surface area contributed by atoms with Crippen molar-refractivity contribution in [3.63, 3.8) is 0 Å². The molecule has 2 N–H and O–H groups in total. The van der Waals surface area contributed by atoms with E-state index in [1.54, 1.807) is 6.20 Å². The lowest BCUT2D eigenvalue weighted by Gasteiger charge is -2.32. The molecule has 1 aliphatic carbocycles. The zero-order valence-corrected chi connectivity index (χ0v) is 12.7. The molecule has 0 saturated heterocycles. The summed E-state index contributed by atoms with van der Waals surface area (Å²) in [7, 11) is 0. The molecule has 2 rings (SSSR count). The van der Waals surface area contributed by atoms with E-state index < -0.39 is 0 Å². The molecule has 0 atom stereocenters. The molecular formula is C15H24ClN3. The normalized spacial score (nSPS) is 16.3. The summed E-state index contributed by atoms with van der Waals surface area (Å²) in [5.41, 5.74) is 6.73. The first-order valence-electron chi connectivity index (χ1n) is 7.23. The molecule has 0 radical (unpaired) electrons. The van der Waals surface area contributed by atoms with Crippen molar-refractivity contribution in [2.24, 2.45) is 11.7 Å². The van der Waals surface area contributed by atoms with Crippen LogP contribution in [0.1, 0.15) is 45.1 Å². The van der Waals surface area contributed by atoms with Gasteiger partial charge < -0.3 is 10.6 Å². The number of nitrogens with zero attached hydrogens (tertiary/aromatic N) is 2. The zero-order valence-electron chi connectivity index (χ0n) is 11.9. The van der Waals surface area contributed by atoms with Crippen molar-refractivity contribution < 1.29 is 0 Å². The molecule has 1 aromatic rings. The molecule has 0 unspecified atom stereocenters. The summed E-state index contributed by atoms with van der Waals surface area (Å²) < 4.78 is 0. The highest BCUT2D eigenvalue weighted by Gasteiger charge is 2.24. The second kappa shape index (κ2) is 6.58. The first-order valence-corrected chi connectivity index (χ1v) is 7.60. The van der Waals surface area contributed by atoms with Crippen LogP contribution in [0, 0.1) is 5.92 Å². The number of hydrogen-bond donors (Lipinski definition) is 1. The second-order valence-electron chi connectivity index (χ2n) is 5.82. The maximum Gasteiger partial charge on any atom is 0.129 e. The van der Waals surface area contributed by atoms with Gasteiger partial charge in [0.15, 0.2) is 0 Å². The van der Waals surface area contributed by atoms with E-state index in [1.165, 1.54) is 25.7 Å². The van der Waals surface area contributed by atoms with Gasteiger partial charge in [0.25, 0.3) is 0 Å². The lowest BCUT2D eigenvalue weighted by atomic mass is 10.1. The van der Waals surface area contributed by atoms with E-state index in [1.807, 2.05) is 0 Å². The fourth-order valence-electron chi connectivity index (χ4n) is 2.82. The summed E-state index contributed by atoms with van der Waals surface area (Å²) in [6, 6.07) is 2.69. The molecule has 3 nitrogen and oxygen atoms in total. The molecule has 0 aliphatic heterocycles. The summed E-state index contributed by atoms with van der Waals surface area (Å²) in [6.45, 7) is 6.02. The first-order chi connectivity index (χ1) is 9.11. The van der Waals surface area contributed by atoms with Crippen molar-refractivity contribution in [2.45, 2.75) is 52.1 Å². The van der Waals surface area contributed by atoms with Crippen LogP contribution in [-0.4, -0.2) is 17.6 Å². The molecule has 0 bridgehead atoms. The van der Waals surface area contributed by atoms with Crippen molar-refractivity contribution in [2.75, 3.05) is 11.4 Å². The van der Waals surface area contributed by atoms with Crippen LogP contribution in [0.15, 0.2) is 12.3 Å². The molecule has 1 aromatic heterocycles. The fraction of sp³-hybridized carbons (Fsp3) is 0.667. The van der Waals surface area contributed by atoms with Gasteiger partial charge in [-0.1, -0.05) is 38.3 Å². The Labute approximate surface area is 121 Å². The third-order valence-electron chi connectivity index (χ3n) is 3.76. The van der Waals surface area contributed by atoms with Crippen LogP contribution >= 0.6 is 11.6 Å². The average molecular weight is 282 g/mol. The van der Waals surface area contributed by atoms with Crippen LogP contribution in [0.3, 0.4) is 0 Å². The topological polar surface area (TPSA) is 42.1 Å². The Balaban J connectivity index is 2.25. The van der Waals surface area contributed by atoms with Crippen molar-refractivity contribution in [3.05, 3.63) is 22.8 Å². The summed E-state index contributed by atoms with van der Waals surface area (Å²) in [5.74, 6) is 1.66. The van der Waals surface area contributed by atoms with Crippen LogP contribution in [0.4, 0.5) is 5.82 Å². The summed E-state index contributed by atoms with van der Waals surface area (Å²) in [6.07, 6.45) is 6.94. The molecule has 0 spiro atoms. The van der Waals surface area contributed by atoms with Crippen molar-refractivity contribution >= 4 is 17.4 Å². The van der Waals surface area contributed by atoms with E-state index in [0.717, 1.165) is 17.9 Å². The second-order valence-corrected chi connectivity index (χ2v) is 6.23. The lowest BCUT2D eigenvalue weighted by molar-refractivity contribution is 0.531. The van der Waals surface area contributed by atoms with Crippen molar-refractivity contribution in [1.29, 1.82) is 0 Å². The van der Waals surface area contributed by atoms with E-state index in [-0.39, 0.29) is 0 Å². The Hall–Kier alpha value is -0.800. The van der Waals surface area contributed by atoms with Gasteiger partial charge in [0, 0.05) is 25.3 Å². The summed E-state index contributed by atoms with van der Waals surface area (Å²) >= 11 is 6.11. The Morgan fingerprint density at radius 2 is 2.11 bits per heavy atom. The zero-order chi connectivity index (χ0) is 13.8. The van der Waals surface area contributed by atoms with Gasteiger partial charge in [-0.3, -0.25) is 0 Å². The molecule has 19 heavy (non-hydrogen) atoms. The molecular weight excluding hydrogens is 258 g/mol. The van der Waals surface area contributed by atoms with E-state index in [2.05, 4.69) is 29.8 Å². The van der Waals surface area contributed by atoms with Crippen LogP contribution in [0.25, 0.3) is 0 Å². The quantitative estimate of drug-likeness (QED) is 0.897. The highest BCUT2D eigenvalue weighted by atomic mass is 35.5. The largest absolute Gasteiger partial charge is 0.353 e. The third-order valence-corrected chi connectivity index (χ3v) is 4.10. The number of pyridine rings is 1. The van der Waals surface area contributed by atoms with Gasteiger partial charge in [0.2, 0.25) is 0 Å². The maximum absolute atomic E-state index is 6.11. The number of halogens is 1. The molecule has 0 aromatic carbocycles. The minimum absolute atomic E-state index is 0.467. The number of aromatic nitrogens is 1. The van der Waals surface area contributed by atoms with Gasteiger partial charge >= 0.3 is 0 Å². The van der Waals surface area contributed by atoms with E-state index in [4.69, 9.17) is 17.3 Å². The molecule has 106 valence electrons. The Bertz CT molecular complexity index is 414. The van der Waals surface area contributed by atoms with Gasteiger partial charge in [-0.25, -0.2) is 4.98 Å². The monoisotopic (exact) mass is 281 g/mol. The van der Waals surface area contributed by atoms with E-state index in [9.17, 15) is 0 Å². The fourth-order valence-corrected chi connectivity index (χ4v) is 3.00. The standard InChI is InChI=1S/C15H24ClN3/c1-11(2)10-19(13-5-3-4-6-13)15-7-12(8-17)14(16)9-18-15/h7,9,11,13H,3-6,8,10,17H2,1-2H3. The maximum atomic E-state index is 6.11. The predicted molar refractivity (Wildman–Crippen MR) is 81.6 cm³/mol.